The van der Waals surface area contributed by atoms with Gasteiger partial charge in [-0.1, -0.05) is 0 Å². The minimum Gasteiger partial charge on any atom is -0.389 e. The van der Waals surface area contributed by atoms with E-state index in [1.165, 1.54) is 21.1 Å². The highest BCUT2D eigenvalue weighted by atomic mass is 32.1. The summed E-state index contributed by atoms with van der Waals surface area (Å²) < 4.78 is 0. The molecule has 1 aromatic rings. The Balaban J connectivity index is 1.83. The molecule has 2 bridgehead atoms. The van der Waals surface area contributed by atoms with Gasteiger partial charge in [0.25, 0.3) is 0 Å². The number of nitrogen functional groups attached to an aromatic ring is 1. The van der Waals surface area contributed by atoms with E-state index in [9.17, 15) is 14.9 Å². The number of hydrogen-bond acceptors (Lipinski definition) is 7. The summed E-state index contributed by atoms with van der Waals surface area (Å²) in [6.07, 6.45) is 4.11. The zero-order valence-corrected chi connectivity index (χ0v) is 21.4. The van der Waals surface area contributed by atoms with E-state index in [2.05, 4.69) is 28.2 Å². The van der Waals surface area contributed by atoms with E-state index in [4.69, 9.17) is 5.73 Å². The van der Waals surface area contributed by atoms with E-state index in [0.717, 1.165) is 44.2 Å². The minimum absolute atomic E-state index is 0.0340. The van der Waals surface area contributed by atoms with Crippen molar-refractivity contribution in [3.05, 3.63) is 16.0 Å². The maximum Gasteiger partial charge on any atom is 0.324 e. The van der Waals surface area contributed by atoms with Crippen LogP contribution in [0, 0.1) is 23.2 Å². The molecule has 2 heterocycles. The summed E-state index contributed by atoms with van der Waals surface area (Å²) in [6.45, 7) is 5.69. The number of rotatable bonds is 6. The molecule has 1 fully saturated rings. The van der Waals surface area contributed by atoms with Crippen LogP contribution < -0.4 is 11.1 Å². The van der Waals surface area contributed by atoms with Gasteiger partial charge in [0.1, 0.15) is 11.1 Å². The second kappa shape index (κ2) is 10.9. The second-order valence-corrected chi connectivity index (χ2v) is 11.2. The molecule has 1 unspecified atom stereocenters. The summed E-state index contributed by atoms with van der Waals surface area (Å²) in [5.41, 5.74) is 7.81. The van der Waals surface area contributed by atoms with Gasteiger partial charge in [0.05, 0.1) is 11.5 Å². The molecule has 3 atom stereocenters. The highest BCUT2D eigenvalue weighted by molar-refractivity contribution is 7.16. The number of imide groups is 1. The number of nitrogens with two attached hydrogens (primary N) is 1. The van der Waals surface area contributed by atoms with Gasteiger partial charge < -0.3 is 20.9 Å². The fourth-order valence-electron chi connectivity index (χ4n) is 5.15. The Morgan fingerprint density at radius 3 is 2.70 bits per heavy atom. The van der Waals surface area contributed by atoms with Crippen LogP contribution in [0.2, 0.25) is 0 Å². The molecule has 3 amide bonds. The predicted molar refractivity (Wildman–Crippen MR) is 132 cm³/mol. The van der Waals surface area contributed by atoms with Crippen molar-refractivity contribution < 1.29 is 9.59 Å². The van der Waals surface area contributed by atoms with Crippen molar-refractivity contribution in [2.45, 2.75) is 58.0 Å². The molecule has 3 N–H and O–H groups in total. The van der Waals surface area contributed by atoms with Crippen LogP contribution in [0.15, 0.2) is 0 Å². The third-order valence-electron chi connectivity index (χ3n) is 6.90. The molecule has 1 aliphatic heterocycles. The SMILES string of the molecule is CC(C)NC(=O)N(CCCN(C)C)C(=O)[C@H]1CN(C)[C@@H]2Cc3sc(N)c(C#N)c3CCC1C2. The maximum absolute atomic E-state index is 13.8. The van der Waals surface area contributed by atoms with Crippen molar-refractivity contribution in [1.82, 2.24) is 20.0 Å². The highest BCUT2D eigenvalue weighted by Gasteiger charge is 2.42. The number of thiophene rings is 1. The highest BCUT2D eigenvalue weighted by Crippen LogP contribution is 2.41. The van der Waals surface area contributed by atoms with E-state index in [1.54, 1.807) is 0 Å². The topological polar surface area (TPSA) is 106 Å². The Kier molecular flexibility index (Phi) is 8.38. The van der Waals surface area contributed by atoms with Crippen molar-refractivity contribution in [1.29, 1.82) is 5.26 Å². The average Bonchev–Trinajstić information content (AvgIpc) is 3.01. The smallest absolute Gasteiger partial charge is 0.324 e. The zero-order valence-electron chi connectivity index (χ0n) is 20.6. The van der Waals surface area contributed by atoms with Crippen molar-refractivity contribution >= 4 is 28.3 Å². The largest absolute Gasteiger partial charge is 0.389 e. The van der Waals surface area contributed by atoms with Crippen LogP contribution in [0.1, 0.15) is 49.1 Å². The molecule has 0 spiro atoms. The number of anilines is 1. The first kappa shape index (κ1) is 25.5. The molecule has 8 nitrogen and oxygen atoms in total. The maximum atomic E-state index is 13.8. The van der Waals surface area contributed by atoms with E-state index < -0.39 is 0 Å². The third-order valence-corrected chi connectivity index (χ3v) is 7.98. The summed E-state index contributed by atoms with van der Waals surface area (Å²) in [5, 5.41) is 13.1. The van der Waals surface area contributed by atoms with Crippen molar-refractivity contribution in [3.63, 3.8) is 0 Å². The predicted octanol–water partition coefficient (Wildman–Crippen LogP) is 2.53. The van der Waals surface area contributed by atoms with Gasteiger partial charge in [-0.05, 0) is 85.1 Å². The molecule has 0 saturated carbocycles. The van der Waals surface area contributed by atoms with Crippen molar-refractivity contribution in [2.24, 2.45) is 11.8 Å². The van der Waals surface area contributed by atoms with Crippen LogP contribution in [0.4, 0.5) is 9.80 Å². The lowest BCUT2D eigenvalue weighted by molar-refractivity contribution is -0.137. The van der Waals surface area contributed by atoms with E-state index in [1.807, 2.05) is 27.9 Å². The van der Waals surface area contributed by atoms with Crippen molar-refractivity contribution in [3.8, 4) is 6.07 Å². The first-order valence-electron chi connectivity index (χ1n) is 11.9. The molecule has 182 valence electrons. The van der Waals surface area contributed by atoms with Crippen molar-refractivity contribution in [2.75, 3.05) is 46.5 Å². The normalized spacial score (nSPS) is 22.9. The minimum atomic E-state index is -0.302. The molecular formula is C24H38N6O2S. The number of amides is 3. The quantitative estimate of drug-likeness (QED) is 0.656. The number of piperidine rings is 1. The van der Waals surface area contributed by atoms with E-state index in [-0.39, 0.29) is 29.8 Å². The standard InChI is InChI=1S/C24H38N6O2S/c1-15(2)27-24(32)30(10-6-9-28(3)4)23(31)20-14-29(5)17-11-16(20)7-8-18-19(13-25)22(26)33-21(18)12-17/h15-17,20H,6-12,14,26H2,1-5H3,(H,27,32)/t16?,17-,20-/m0/s1. The van der Waals surface area contributed by atoms with Gasteiger partial charge >= 0.3 is 6.03 Å². The number of hydrogen-bond donors (Lipinski definition) is 2. The molecule has 2 aliphatic rings. The number of fused-ring (bicyclic) bond motifs is 3. The molecule has 1 aliphatic carbocycles. The van der Waals surface area contributed by atoms with Crippen LogP contribution in [0.5, 0.6) is 0 Å². The molecule has 3 rings (SSSR count). The fourth-order valence-corrected chi connectivity index (χ4v) is 6.29. The van der Waals surface area contributed by atoms with Gasteiger partial charge in [0, 0.05) is 30.1 Å². The summed E-state index contributed by atoms with van der Waals surface area (Å²) in [4.78, 5) is 33.7. The van der Waals surface area contributed by atoms with Gasteiger partial charge in [-0.2, -0.15) is 5.26 Å². The molecular weight excluding hydrogens is 436 g/mol. The fraction of sp³-hybridized carbons (Fsp3) is 0.708. The summed E-state index contributed by atoms with van der Waals surface area (Å²) in [5.74, 6) is -0.123. The lowest BCUT2D eigenvalue weighted by Gasteiger charge is -2.44. The van der Waals surface area contributed by atoms with Crippen LogP contribution in [0.3, 0.4) is 0 Å². The third kappa shape index (κ3) is 5.86. The first-order chi connectivity index (χ1) is 15.6. The molecule has 0 radical (unpaired) electrons. The van der Waals surface area contributed by atoms with E-state index in [0.29, 0.717) is 29.7 Å². The Labute approximate surface area is 201 Å². The van der Waals surface area contributed by atoms with Gasteiger partial charge in [-0.25, -0.2) is 4.79 Å². The van der Waals surface area contributed by atoms with Crippen LogP contribution in [-0.4, -0.2) is 79.5 Å². The number of nitrogens with zero attached hydrogens (tertiary/aromatic N) is 4. The number of likely N-dealkylation sites (tertiary alicyclic amines) is 1. The first-order valence-corrected chi connectivity index (χ1v) is 12.7. The average molecular weight is 475 g/mol. The number of nitrogens with one attached hydrogen (secondary N) is 1. The van der Waals surface area contributed by atoms with Crippen LogP contribution >= 0.6 is 11.3 Å². The molecule has 33 heavy (non-hydrogen) atoms. The number of carbonyl (C=O) groups excluding carboxylic acids is 2. The van der Waals surface area contributed by atoms with Crippen LogP contribution in [-0.2, 0) is 17.6 Å². The lowest BCUT2D eigenvalue weighted by atomic mass is 9.75. The number of likely N-dealkylation sites (N-methyl/N-ethyl adjacent to an activating group) is 1. The zero-order chi connectivity index (χ0) is 24.3. The second-order valence-electron chi connectivity index (χ2n) is 10.0. The molecule has 0 aromatic carbocycles. The number of nitriles is 1. The molecule has 1 aromatic heterocycles. The summed E-state index contributed by atoms with van der Waals surface area (Å²) in [7, 11) is 6.05. The van der Waals surface area contributed by atoms with Crippen LogP contribution in [0.25, 0.3) is 0 Å². The summed E-state index contributed by atoms with van der Waals surface area (Å²) >= 11 is 1.54. The Morgan fingerprint density at radius 1 is 1.33 bits per heavy atom. The van der Waals surface area contributed by atoms with Gasteiger partial charge in [-0.3, -0.25) is 9.69 Å². The Hall–Kier alpha value is -2.15. The van der Waals surface area contributed by atoms with Gasteiger partial charge in [-0.15, -0.1) is 11.3 Å². The number of carbonyl (C=O) groups is 2. The van der Waals surface area contributed by atoms with Gasteiger partial charge in [0.15, 0.2) is 0 Å². The monoisotopic (exact) mass is 474 g/mol. The van der Waals surface area contributed by atoms with Gasteiger partial charge in [0.2, 0.25) is 5.91 Å². The van der Waals surface area contributed by atoms with E-state index >= 15 is 0 Å². The summed E-state index contributed by atoms with van der Waals surface area (Å²) in [6, 6.07) is 2.26. The molecule has 1 saturated heterocycles. The Bertz CT molecular complexity index is 906. The molecule has 9 heteroatoms. The lowest BCUT2D eigenvalue weighted by Crippen LogP contribution is -2.55. The Morgan fingerprint density at radius 2 is 2.06 bits per heavy atom. The number of urea groups is 1.